The molecule has 0 unspecified atom stereocenters. The molecular weight excluding hydrogens is 322 g/mol. The number of hydrogen-bond donors (Lipinski definition) is 1. The monoisotopic (exact) mass is 341 g/mol. The van der Waals surface area contributed by atoms with Gasteiger partial charge in [-0.2, -0.15) is 10.1 Å². The molecule has 0 saturated carbocycles. The summed E-state index contributed by atoms with van der Waals surface area (Å²) in [6.07, 6.45) is 3.73. The van der Waals surface area contributed by atoms with Gasteiger partial charge < -0.3 is 19.3 Å². The van der Waals surface area contributed by atoms with E-state index in [1.807, 2.05) is 35.1 Å². The van der Waals surface area contributed by atoms with Gasteiger partial charge in [-0.05, 0) is 38.1 Å². The Labute approximate surface area is 144 Å². The van der Waals surface area contributed by atoms with Crippen LogP contribution in [0.3, 0.4) is 0 Å². The molecule has 3 heterocycles. The minimum absolute atomic E-state index is 0.195. The molecule has 130 valence electrons. The molecule has 0 fully saturated rings. The second-order valence-corrected chi connectivity index (χ2v) is 5.98. The fourth-order valence-electron chi connectivity index (χ4n) is 2.65. The summed E-state index contributed by atoms with van der Waals surface area (Å²) in [5.41, 5.74) is 0.831. The smallest absolute Gasteiger partial charge is 0.240 e. The molecule has 8 nitrogen and oxygen atoms in total. The minimum atomic E-state index is 0.195. The van der Waals surface area contributed by atoms with E-state index in [4.69, 9.17) is 14.0 Å². The lowest BCUT2D eigenvalue weighted by Gasteiger charge is -2.20. The molecule has 2 atom stereocenters. The van der Waals surface area contributed by atoms with Crippen molar-refractivity contribution in [3.8, 4) is 22.9 Å². The highest BCUT2D eigenvalue weighted by Gasteiger charge is 2.18. The number of nitrogens with one attached hydrogen (secondary N) is 1. The highest BCUT2D eigenvalue weighted by atomic mass is 16.7. The van der Waals surface area contributed by atoms with Crippen LogP contribution >= 0.6 is 0 Å². The van der Waals surface area contributed by atoms with Crippen LogP contribution in [0.1, 0.15) is 25.8 Å². The highest BCUT2D eigenvalue weighted by Crippen LogP contribution is 2.35. The Hall–Kier alpha value is -2.87. The zero-order chi connectivity index (χ0) is 17.2. The molecule has 3 aromatic rings. The fraction of sp³-hybridized carbons (Fsp3) is 0.353. The van der Waals surface area contributed by atoms with Gasteiger partial charge in [0.15, 0.2) is 11.5 Å². The summed E-state index contributed by atoms with van der Waals surface area (Å²) in [4.78, 5) is 4.44. The van der Waals surface area contributed by atoms with Crippen molar-refractivity contribution in [3.05, 3.63) is 42.5 Å². The van der Waals surface area contributed by atoms with E-state index in [0.29, 0.717) is 24.0 Å². The van der Waals surface area contributed by atoms with Crippen LogP contribution in [-0.4, -0.2) is 32.8 Å². The van der Waals surface area contributed by atoms with Crippen molar-refractivity contribution in [2.75, 3.05) is 6.79 Å². The molecular formula is C17H19N5O3. The largest absolute Gasteiger partial charge is 0.454 e. The Morgan fingerprint density at radius 1 is 1.24 bits per heavy atom. The molecule has 2 aromatic heterocycles. The lowest BCUT2D eigenvalue weighted by atomic mass is 10.2. The van der Waals surface area contributed by atoms with E-state index in [1.165, 1.54) is 0 Å². The van der Waals surface area contributed by atoms with Crippen molar-refractivity contribution in [1.82, 2.24) is 25.2 Å². The number of fused-ring (bicyclic) bond motifs is 1. The van der Waals surface area contributed by atoms with Crippen molar-refractivity contribution in [3.63, 3.8) is 0 Å². The summed E-state index contributed by atoms with van der Waals surface area (Å²) < 4.78 is 17.9. The zero-order valence-electron chi connectivity index (χ0n) is 14.0. The standard InChI is InChI=1S/C17H19N5O3/c1-11(12(2)22-7-3-6-19-22)18-9-16-20-17(21-25-16)13-4-5-14-15(8-13)24-10-23-14/h3-8,11-12,18H,9-10H2,1-2H3/t11-,12+/m0/s1. The van der Waals surface area contributed by atoms with Gasteiger partial charge >= 0.3 is 0 Å². The van der Waals surface area contributed by atoms with Gasteiger partial charge in [0.05, 0.1) is 12.6 Å². The predicted molar refractivity (Wildman–Crippen MR) is 89.1 cm³/mol. The maximum atomic E-state index is 5.38. The summed E-state index contributed by atoms with van der Waals surface area (Å²) in [5, 5.41) is 11.7. The molecule has 0 spiro atoms. The first-order chi connectivity index (χ1) is 12.2. The van der Waals surface area contributed by atoms with E-state index < -0.39 is 0 Å². The van der Waals surface area contributed by atoms with E-state index >= 15 is 0 Å². The van der Waals surface area contributed by atoms with Crippen LogP contribution in [0.5, 0.6) is 11.5 Å². The maximum absolute atomic E-state index is 5.38. The van der Waals surface area contributed by atoms with Crippen molar-refractivity contribution in [1.29, 1.82) is 0 Å². The van der Waals surface area contributed by atoms with Gasteiger partial charge in [0.2, 0.25) is 18.5 Å². The Kier molecular flexibility index (Phi) is 4.10. The topological polar surface area (TPSA) is 87.2 Å². The highest BCUT2D eigenvalue weighted by molar-refractivity contribution is 5.61. The second kappa shape index (κ2) is 6.56. The third kappa shape index (κ3) is 3.20. The SMILES string of the molecule is C[C@H](NCc1nc(-c2ccc3c(c2)OCO3)no1)[C@@H](C)n1cccn1. The number of ether oxygens (including phenoxy) is 2. The second-order valence-electron chi connectivity index (χ2n) is 5.98. The Bertz CT molecular complexity index is 846. The Balaban J connectivity index is 1.40. The Morgan fingerprint density at radius 3 is 2.96 bits per heavy atom. The third-order valence-electron chi connectivity index (χ3n) is 4.34. The van der Waals surface area contributed by atoms with Gasteiger partial charge in [0, 0.05) is 24.0 Å². The van der Waals surface area contributed by atoms with Crippen molar-refractivity contribution < 1.29 is 14.0 Å². The summed E-state index contributed by atoms with van der Waals surface area (Å²) in [5.74, 6) is 2.49. The first-order valence-electron chi connectivity index (χ1n) is 8.16. The van der Waals surface area contributed by atoms with Crippen LogP contribution in [0, 0.1) is 0 Å². The average Bonchev–Trinajstić information content (AvgIpc) is 3.39. The lowest BCUT2D eigenvalue weighted by molar-refractivity contribution is 0.174. The zero-order valence-corrected chi connectivity index (χ0v) is 14.0. The van der Waals surface area contributed by atoms with Gasteiger partial charge in [-0.3, -0.25) is 4.68 Å². The fourth-order valence-corrected chi connectivity index (χ4v) is 2.65. The molecule has 1 aromatic carbocycles. The van der Waals surface area contributed by atoms with Crippen LogP contribution in [0.2, 0.25) is 0 Å². The van der Waals surface area contributed by atoms with Crippen LogP contribution in [0.25, 0.3) is 11.4 Å². The third-order valence-corrected chi connectivity index (χ3v) is 4.34. The van der Waals surface area contributed by atoms with Crippen LogP contribution in [0.15, 0.2) is 41.2 Å². The number of nitrogens with zero attached hydrogens (tertiary/aromatic N) is 4. The molecule has 0 bridgehead atoms. The van der Waals surface area contributed by atoms with E-state index in [2.05, 4.69) is 34.4 Å². The van der Waals surface area contributed by atoms with Gasteiger partial charge in [-0.15, -0.1) is 0 Å². The molecule has 0 saturated heterocycles. The Morgan fingerprint density at radius 2 is 2.12 bits per heavy atom. The molecule has 4 rings (SSSR count). The number of rotatable bonds is 6. The molecule has 25 heavy (non-hydrogen) atoms. The minimum Gasteiger partial charge on any atom is -0.454 e. The molecule has 1 aliphatic heterocycles. The number of aromatic nitrogens is 4. The normalized spacial score (nSPS) is 15.3. The van der Waals surface area contributed by atoms with Gasteiger partial charge in [-0.25, -0.2) is 0 Å². The summed E-state index contributed by atoms with van der Waals surface area (Å²) >= 11 is 0. The quantitative estimate of drug-likeness (QED) is 0.736. The average molecular weight is 341 g/mol. The van der Waals surface area contributed by atoms with Crippen LogP contribution in [0.4, 0.5) is 0 Å². The summed E-state index contributed by atoms with van der Waals surface area (Å²) in [7, 11) is 0. The first kappa shape index (κ1) is 15.6. The summed E-state index contributed by atoms with van der Waals surface area (Å²) in [6.45, 7) is 4.94. The number of hydrogen-bond acceptors (Lipinski definition) is 7. The molecule has 8 heteroatoms. The summed E-state index contributed by atoms with van der Waals surface area (Å²) in [6, 6.07) is 7.91. The predicted octanol–water partition coefficient (Wildman–Crippen LogP) is 2.40. The van der Waals surface area contributed by atoms with Gasteiger partial charge in [-0.1, -0.05) is 5.16 Å². The van der Waals surface area contributed by atoms with Gasteiger partial charge in [0.1, 0.15) is 0 Å². The van der Waals surface area contributed by atoms with Crippen molar-refractivity contribution in [2.45, 2.75) is 32.5 Å². The lowest BCUT2D eigenvalue weighted by Crippen LogP contribution is -2.33. The first-order valence-corrected chi connectivity index (χ1v) is 8.16. The van der Waals surface area contributed by atoms with E-state index in [1.54, 1.807) is 6.20 Å². The van der Waals surface area contributed by atoms with E-state index in [0.717, 1.165) is 11.3 Å². The molecule has 1 N–H and O–H groups in total. The molecule has 0 amide bonds. The van der Waals surface area contributed by atoms with Crippen molar-refractivity contribution in [2.24, 2.45) is 0 Å². The van der Waals surface area contributed by atoms with Crippen molar-refractivity contribution >= 4 is 0 Å². The van der Waals surface area contributed by atoms with Gasteiger partial charge in [0.25, 0.3) is 0 Å². The van der Waals surface area contributed by atoms with E-state index in [9.17, 15) is 0 Å². The molecule has 0 aliphatic carbocycles. The molecule has 0 radical (unpaired) electrons. The maximum Gasteiger partial charge on any atom is 0.240 e. The van der Waals surface area contributed by atoms with E-state index in [-0.39, 0.29) is 18.9 Å². The number of benzene rings is 1. The molecule has 1 aliphatic rings. The van der Waals surface area contributed by atoms with Crippen LogP contribution in [-0.2, 0) is 6.54 Å². The van der Waals surface area contributed by atoms with Crippen LogP contribution < -0.4 is 14.8 Å².